The Balaban J connectivity index is 0.00000144. The number of hydrogen-bond donors (Lipinski definition) is 0. The Hall–Kier alpha value is -1.46. The first-order valence-corrected chi connectivity index (χ1v) is 2.66. The first-order valence-electron chi connectivity index (χ1n) is 2.66. The maximum atomic E-state index is 12.1. The van der Waals surface area contributed by atoms with E-state index in [9.17, 15) is 27.2 Å². The summed E-state index contributed by atoms with van der Waals surface area (Å²) in [4.78, 5) is 20.4. The van der Waals surface area contributed by atoms with E-state index in [1.54, 1.807) is 0 Å². The second kappa shape index (κ2) is 3.51. The summed E-state index contributed by atoms with van der Waals surface area (Å²) in [5.74, 6) is -12.9. The fourth-order valence-electron chi connectivity index (χ4n) is 0.591. The van der Waals surface area contributed by atoms with Crippen LogP contribution in [0.2, 0.25) is 0 Å². The molecule has 2 nitrogen and oxygen atoms in total. The summed E-state index contributed by atoms with van der Waals surface area (Å²) >= 11 is 0. The molecule has 0 saturated carbocycles. The number of carbonyl (C=O) groups is 2. The lowest BCUT2D eigenvalue weighted by molar-refractivity contribution is -0.120. The van der Waals surface area contributed by atoms with E-state index in [1.807, 2.05) is 0 Å². The van der Waals surface area contributed by atoms with E-state index in [2.05, 4.69) is 0 Å². The van der Waals surface area contributed by atoms with Crippen molar-refractivity contribution in [3.05, 3.63) is 23.3 Å². The average Bonchev–Trinajstić information content (AvgIpc) is 2.08. The maximum Gasteiger partial charge on any atom is 0.256 e. The Morgan fingerprint density at radius 2 is 0.769 bits per heavy atom. The molecule has 1 aliphatic carbocycles. The number of rotatable bonds is 0. The van der Waals surface area contributed by atoms with Gasteiger partial charge in [-0.05, 0) is 0 Å². The molecule has 0 aromatic carbocycles. The van der Waals surface area contributed by atoms with Crippen molar-refractivity contribution in [2.45, 2.75) is 7.43 Å². The van der Waals surface area contributed by atoms with Gasteiger partial charge >= 0.3 is 0 Å². The van der Waals surface area contributed by atoms with Gasteiger partial charge in [0.2, 0.25) is 23.3 Å². The van der Waals surface area contributed by atoms with Crippen molar-refractivity contribution in [3.63, 3.8) is 0 Å². The summed E-state index contributed by atoms with van der Waals surface area (Å²) in [7, 11) is 0. The van der Waals surface area contributed by atoms with E-state index in [0.29, 0.717) is 0 Å². The van der Waals surface area contributed by atoms with Gasteiger partial charge in [0.25, 0.3) is 11.6 Å². The van der Waals surface area contributed by atoms with Crippen LogP contribution in [0.5, 0.6) is 0 Å². The van der Waals surface area contributed by atoms with Crippen molar-refractivity contribution in [3.8, 4) is 0 Å². The Labute approximate surface area is 70.5 Å². The van der Waals surface area contributed by atoms with Crippen LogP contribution in [0.4, 0.5) is 17.6 Å². The summed E-state index contributed by atoms with van der Waals surface area (Å²) in [5.41, 5.74) is 0. The average molecular weight is 196 g/mol. The predicted octanol–water partition coefficient (Wildman–Crippen LogP) is 2.08. The summed E-state index contributed by atoms with van der Waals surface area (Å²) in [6.45, 7) is 0. The second-order valence-electron chi connectivity index (χ2n) is 1.91. The van der Waals surface area contributed by atoms with Gasteiger partial charge in [-0.1, -0.05) is 7.43 Å². The molecule has 0 bridgehead atoms. The van der Waals surface area contributed by atoms with E-state index in [0.717, 1.165) is 0 Å². The van der Waals surface area contributed by atoms with Crippen LogP contribution < -0.4 is 0 Å². The summed E-state index contributed by atoms with van der Waals surface area (Å²) in [6, 6.07) is 0. The Bertz CT molecular complexity index is 278. The molecule has 0 radical (unpaired) electrons. The van der Waals surface area contributed by atoms with E-state index in [1.165, 1.54) is 0 Å². The highest BCUT2D eigenvalue weighted by atomic mass is 19.2. The van der Waals surface area contributed by atoms with Crippen LogP contribution >= 0.6 is 0 Å². The van der Waals surface area contributed by atoms with Crippen LogP contribution in [-0.2, 0) is 9.59 Å². The molecule has 1 rings (SSSR count). The predicted molar refractivity (Wildman–Crippen MR) is 35.2 cm³/mol. The third-order valence-corrected chi connectivity index (χ3v) is 1.18. The molecule has 0 aliphatic heterocycles. The molecule has 0 unspecified atom stereocenters. The van der Waals surface area contributed by atoms with Crippen molar-refractivity contribution in [2.75, 3.05) is 0 Å². The molecular weight excluding hydrogens is 192 g/mol. The van der Waals surface area contributed by atoms with Crippen molar-refractivity contribution in [1.29, 1.82) is 0 Å². The SMILES string of the molecule is C.O=C1C(F)=C(F)C(=O)C(F)=C1F. The largest absolute Gasteiger partial charge is 0.283 e. The molecule has 0 atom stereocenters. The molecule has 0 aromatic rings. The number of ketones is 2. The van der Waals surface area contributed by atoms with E-state index in [4.69, 9.17) is 0 Å². The maximum absolute atomic E-state index is 12.1. The number of hydrogen-bond acceptors (Lipinski definition) is 2. The van der Waals surface area contributed by atoms with E-state index >= 15 is 0 Å². The minimum absolute atomic E-state index is 0. The van der Waals surface area contributed by atoms with Crippen LogP contribution in [0, 0.1) is 0 Å². The van der Waals surface area contributed by atoms with Gasteiger partial charge in [-0.3, -0.25) is 9.59 Å². The molecule has 72 valence electrons. The van der Waals surface area contributed by atoms with Crippen LogP contribution in [-0.4, -0.2) is 11.6 Å². The third kappa shape index (κ3) is 1.51. The van der Waals surface area contributed by atoms with Crippen molar-refractivity contribution >= 4 is 11.6 Å². The second-order valence-corrected chi connectivity index (χ2v) is 1.91. The monoisotopic (exact) mass is 196 g/mol. The van der Waals surface area contributed by atoms with Crippen LogP contribution in [0.25, 0.3) is 0 Å². The van der Waals surface area contributed by atoms with Crippen LogP contribution in [0.3, 0.4) is 0 Å². The van der Waals surface area contributed by atoms with Gasteiger partial charge in [-0.2, -0.15) is 17.6 Å². The molecule has 0 aromatic heterocycles. The van der Waals surface area contributed by atoms with Gasteiger partial charge in [-0.15, -0.1) is 0 Å². The van der Waals surface area contributed by atoms with Crippen LogP contribution in [0.15, 0.2) is 23.3 Å². The topological polar surface area (TPSA) is 34.1 Å². The van der Waals surface area contributed by atoms with Crippen molar-refractivity contribution < 1.29 is 27.2 Å². The highest BCUT2D eigenvalue weighted by molar-refractivity contribution is 6.21. The molecule has 6 heteroatoms. The van der Waals surface area contributed by atoms with Gasteiger partial charge < -0.3 is 0 Å². The first-order chi connectivity index (χ1) is 5.46. The summed E-state index contributed by atoms with van der Waals surface area (Å²) in [5, 5.41) is 0. The number of halogens is 4. The Morgan fingerprint density at radius 1 is 0.615 bits per heavy atom. The molecular formula is C7H4F4O2. The minimum Gasteiger partial charge on any atom is -0.283 e. The number of allylic oxidation sites excluding steroid dienone is 4. The normalized spacial score (nSPS) is 17.8. The lowest BCUT2D eigenvalue weighted by atomic mass is 10.1. The first kappa shape index (κ1) is 11.5. The fraction of sp³-hybridized carbons (Fsp3) is 0.143. The molecule has 0 fully saturated rings. The lowest BCUT2D eigenvalue weighted by Gasteiger charge is -2.03. The molecule has 0 amide bonds. The van der Waals surface area contributed by atoms with Crippen molar-refractivity contribution in [2.24, 2.45) is 0 Å². The van der Waals surface area contributed by atoms with Gasteiger partial charge in [0.15, 0.2) is 0 Å². The fourth-order valence-corrected chi connectivity index (χ4v) is 0.591. The molecule has 1 aliphatic rings. The zero-order valence-corrected chi connectivity index (χ0v) is 5.33. The van der Waals surface area contributed by atoms with Crippen LogP contribution in [0.1, 0.15) is 7.43 Å². The smallest absolute Gasteiger partial charge is 0.256 e. The zero-order chi connectivity index (χ0) is 9.46. The molecule has 0 saturated heterocycles. The minimum atomic E-state index is -2.20. The quantitative estimate of drug-likeness (QED) is 0.439. The molecule has 0 heterocycles. The van der Waals surface area contributed by atoms with Gasteiger partial charge in [-0.25, -0.2) is 0 Å². The molecule has 0 spiro atoms. The Morgan fingerprint density at radius 3 is 0.923 bits per heavy atom. The van der Waals surface area contributed by atoms with Gasteiger partial charge in [0, 0.05) is 0 Å². The van der Waals surface area contributed by atoms with E-state index in [-0.39, 0.29) is 7.43 Å². The molecule has 0 N–H and O–H groups in total. The van der Waals surface area contributed by atoms with Gasteiger partial charge in [0.05, 0.1) is 0 Å². The number of carbonyl (C=O) groups excluding carboxylic acids is 2. The highest BCUT2D eigenvalue weighted by Crippen LogP contribution is 2.27. The molecule has 13 heavy (non-hydrogen) atoms. The van der Waals surface area contributed by atoms with Gasteiger partial charge in [0.1, 0.15) is 0 Å². The summed E-state index contributed by atoms with van der Waals surface area (Å²) < 4.78 is 48.6. The Kier molecular flexibility index (Phi) is 3.11. The zero-order valence-electron chi connectivity index (χ0n) is 5.33. The standard InChI is InChI=1S/C6F4O2.CH4/c7-1-2(8)6(12)4(10)3(9)5(1)11;/h;1H4. The summed E-state index contributed by atoms with van der Waals surface area (Å²) in [6.07, 6.45) is 0. The highest BCUT2D eigenvalue weighted by Gasteiger charge is 2.36. The lowest BCUT2D eigenvalue weighted by Crippen LogP contribution is -2.16. The third-order valence-electron chi connectivity index (χ3n) is 1.18. The van der Waals surface area contributed by atoms with Crippen molar-refractivity contribution in [1.82, 2.24) is 0 Å². The van der Waals surface area contributed by atoms with E-state index < -0.39 is 34.9 Å². The number of Topliss-reactive ketones (excluding diaryl/α,β-unsaturated/α-hetero) is 2.